The number of fused-ring (bicyclic) bond motifs is 1. The number of halogens is 1. The van der Waals surface area contributed by atoms with Crippen LogP contribution in [0.1, 0.15) is 47.8 Å². The van der Waals surface area contributed by atoms with Crippen molar-refractivity contribution in [3.63, 3.8) is 0 Å². The van der Waals surface area contributed by atoms with Crippen molar-refractivity contribution in [2.75, 3.05) is 13.4 Å². The smallest absolute Gasteiger partial charge is 0.357 e. The van der Waals surface area contributed by atoms with Crippen LogP contribution in [0.3, 0.4) is 0 Å². The molecule has 0 fully saturated rings. The fourth-order valence-corrected chi connectivity index (χ4v) is 3.14. The predicted molar refractivity (Wildman–Crippen MR) is 94.8 cm³/mol. The van der Waals surface area contributed by atoms with Crippen LogP contribution in [0.5, 0.6) is 11.5 Å². The molecule has 1 aliphatic heterocycles. The molecule has 1 aliphatic rings. The first-order valence-electron chi connectivity index (χ1n) is 8.53. The molecule has 0 aliphatic carbocycles. The molecule has 0 amide bonds. The molecule has 0 bridgehead atoms. The van der Waals surface area contributed by atoms with Crippen molar-refractivity contribution in [2.24, 2.45) is 0 Å². The second-order valence-electron chi connectivity index (χ2n) is 5.83. The molecule has 8 heteroatoms. The van der Waals surface area contributed by atoms with E-state index in [9.17, 15) is 9.90 Å². The standard InChI is InChI=1S/C18H21ClN2O5/c1-3-5-16-20-13(9-22)17(18(23)24-4-2)21(16)8-11-6-14-15(7-12(11)19)26-10-25-14/h6-7,22H,3-5,8-10H2,1-2H3. The van der Waals surface area contributed by atoms with E-state index < -0.39 is 5.97 Å². The molecule has 2 aromatic rings. The maximum Gasteiger partial charge on any atom is 0.357 e. The van der Waals surface area contributed by atoms with Crippen LogP contribution in [0, 0.1) is 0 Å². The first-order valence-corrected chi connectivity index (χ1v) is 8.91. The summed E-state index contributed by atoms with van der Waals surface area (Å²) < 4.78 is 17.7. The van der Waals surface area contributed by atoms with Gasteiger partial charge in [0.1, 0.15) is 5.82 Å². The molecule has 3 rings (SSSR count). The lowest BCUT2D eigenvalue weighted by Gasteiger charge is -2.13. The summed E-state index contributed by atoms with van der Waals surface area (Å²) in [5.41, 5.74) is 1.33. The highest BCUT2D eigenvalue weighted by Gasteiger charge is 2.25. The van der Waals surface area contributed by atoms with Gasteiger partial charge in [0.05, 0.1) is 25.5 Å². The van der Waals surface area contributed by atoms with Gasteiger partial charge in [0.15, 0.2) is 17.2 Å². The highest BCUT2D eigenvalue weighted by molar-refractivity contribution is 6.31. The van der Waals surface area contributed by atoms with Crippen molar-refractivity contribution in [2.45, 2.75) is 39.8 Å². The second kappa shape index (κ2) is 7.97. The molecule has 1 N–H and O–H groups in total. The topological polar surface area (TPSA) is 82.8 Å². The zero-order valence-corrected chi connectivity index (χ0v) is 15.5. The molecule has 1 aromatic carbocycles. The molecule has 2 heterocycles. The number of aryl methyl sites for hydroxylation is 1. The number of carbonyl (C=O) groups excluding carboxylic acids is 1. The van der Waals surface area contributed by atoms with Gasteiger partial charge in [0.25, 0.3) is 0 Å². The van der Waals surface area contributed by atoms with E-state index in [1.165, 1.54) is 0 Å². The average molecular weight is 381 g/mol. The van der Waals surface area contributed by atoms with Crippen LogP contribution in [0.4, 0.5) is 0 Å². The molecule has 1 aromatic heterocycles. The van der Waals surface area contributed by atoms with E-state index in [4.69, 9.17) is 25.8 Å². The average Bonchev–Trinajstić information content (AvgIpc) is 3.20. The predicted octanol–water partition coefficient (Wildman–Crippen LogP) is 2.94. The van der Waals surface area contributed by atoms with Gasteiger partial charge in [0, 0.05) is 17.5 Å². The van der Waals surface area contributed by atoms with Crippen molar-refractivity contribution < 1.29 is 24.1 Å². The van der Waals surface area contributed by atoms with E-state index in [0.29, 0.717) is 41.0 Å². The van der Waals surface area contributed by atoms with Gasteiger partial charge in [-0.1, -0.05) is 18.5 Å². The number of hydrogen-bond acceptors (Lipinski definition) is 6. The number of esters is 1. The van der Waals surface area contributed by atoms with Crippen molar-refractivity contribution in [3.05, 3.63) is 39.9 Å². The van der Waals surface area contributed by atoms with Gasteiger partial charge < -0.3 is 23.9 Å². The summed E-state index contributed by atoms with van der Waals surface area (Å²) in [6.45, 7) is 4.12. The van der Waals surface area contributed by atoms with Gasteiger partial charge in [-0.2, -0.15) is 0 Å². The van der Waals surface area contributed by atoms with E-state index >= 15 is 0 Å². The molecule has 0 spiro atoms. The van der Waals surface area contributed by atoms with Crippen molar-refractivity contribution >= 4 is 17.6 Å². The SMILES string of the molecule is CCCc1nc(CO)c(C(=O)OCC)n1Cc1cc2c(cc1Cl)OCO2. The maximum atomic E-state index is 12.5. The number of carbonyl (C=O) groups is 1. The van der Waals surface area contributed by atoms with Crippen molar-refractivity contribution in [1.82, 2.24) is 9.55 Å². The molecule has 7 nitrogen and oxygen atoms in total. The highest BCUT2D eigenvalue weighted by atomic mass is 35.5. The van der Waals surface area contributed by atoms with Gasteiger partial charge in [-0.25, -0.2) is 9.78 Å². The first kappa shape index (κ1) is 18.5. The Balaban J connectivity index is 2.05. The number of hydrogen-bond donors (Lipinski definition) is 1. The third-order valence-corrected chi connectivity index (χ3v) is 4.43. The summed E-state index contributed by atoms with van der Waals surface area (Å²) in [5.74, 6) is 1.40. The molecule has 0 atom stereocenters. The third kappa shape index (κ3) is 3.50. The van der Waals surface area contributed by atoms with Crippen LogP contribution < -0.4 is 9.47 Å². The van der Waals surface area contributed by atoms with Crippen LogP contribution in [0.25, 0.3) is 0 Å². The lowest BCUT2D eigenvalue weighted by molar-refractivity contribution is 0.0510. The fourth-order valence-electron chi connectivity index (χ4n) is 2.93. The van der Waals surface area contributed by atoms with Gasteiger partial charge >= 0.3 is 5.97 Å². The lowest BCUT2D eigenvalue weighted by Crippen LogP contribution is -2.16. The summed E-state index contributed by atoms with van der Waals surface area (Å²) in [7, 11) is 0. The Morgan fingerprint density at radius 2 is 2.08 bits per heavy atom. The Hall–Kier alpha value is -2.25. The van der Waals surface area contributed by atoms with Crippen LogP contribution in [-0.4, -0.2) is 34.0 Å². The van der Waals surface area contributed by atoms with Gasteiger partial charge in [0.2, 0.25) is 6.79 Å². The Morgan fingerprint density at radius 1 is 1.35 bits per heavy atom. The Kier molecular flexibility index (Phi) is 5.68. The molecular formula is C18H21ClN2O5. The van der Waals surface area contributed by atoms with Crippen molar-refractivity contribution in [3.8, 4) is 11.5 Å². The minimum atomic E-state index is -0.511. The van der Waals surface area contributed by atoms with E-state index in [1.54, 1.807) is 23.6 Å². The Morgan fingerprint density at radius 3 is 2.73 bits per heavy atom. The minimum absolute atomic E-state index is 0.157. The largest absolute Gasteiger partial charge is 0.461 e. The van der Waals surface area contributed by atoms with Crippen molar-refractivity contribution in [1.29, 1.82) is 0 Å². The number of aliphatic hydroxyl groups excluding tert-OH is 1. The van der Waals surface area contributed by atoms with Gasteiger partial charge in [-0.15, -0.1) is 0 Å². The molecule has 140 valence electrons. The maximum absolute atomic E-state index is 12.5. The quantitative estimate of drug-likeness (QED) is 0.743. The molecule has 0 saturated heterocycles. The van der Waals surface area contributed by atoms with Gasteiger partial charge in [-0.05, 0) is 25.0 Å². The van der Waals surface area contributed by atoms with E-state index in [2.05, 4.69) is 4.98 Å². The summed E-state index contributed by atoms with van der Waals surface area (Å²) in [6, 6.07) is 3.50. The lowest BCUT2D eigenvalue weighted by atomic mass is 10.2. The zero-order valence-electron chi connectivity index (χ0n) is 14.7. The second-order valence-corrected chi connectivity index (χ2v) is 6.24. The van der Waals surface area contributed by atoms with Gasteiger partial charge in [-0.3, -0.25) is 0 Å². The van der Waals surface area contributed by atoms with Crippen LogP contribution in [0.15, 0.2) is 12.1 Å². The fraction of sp³-hybridized carbons (Fsp3) is 0.444. The van der Waals surface area contributed by atoms with E-state index in [0.717, 1.165) is 12.0 Å². The third-order valence-electron chi connectivity index (χ3n) is 4.08. The van der Waals surface area contributed by atoms with E-state index in [1.807, 2.05) is 6.92 Å². The number of benzene rings is 1. The molecule has 0 unspecified atom stereocenters. The highest BCUT2D eigenvalue weighted by Crippen LogP contribution is 2.37. The summed E-state index contributed by atoms with van der Waals surface area (Å²) in [6.07, 6.45) is 1.51. The monoisotopic (exact) mass is 380 g/mol. The molecule has 26 heavy (non-hydrogen) atoms. The minimum Gasteiger partial charge on any atom is -0.461 e. The summed E-state index contributed by atoms with van der Waals surface area (Å²) >= 11 is 6.39. The first-order chi connectivity index (χ1) is 12.6. The summed E-state index contributed by atoms with van der Waals surface area (Å²) in [5, 5.41) is 10.1. The zero-order chi connectivity index (χ0) is 18.7. The number of imidazole rings is 1. The molecule has 0 radical (unpaired) electrons. The normalized spacial score (nSPS) is 12.5. The Bertz CT molecular complexity index is 818. The number of rotatable bonds is 7. The number of aliphatic hydroxyl groups is 1. The number of ether oxygens (including phenoxy) is 3. The van der Waals surface area contributed by atoms with E-state index in [-0.39, 0.29) is 25.7 Å². The van der Waals surface area contributed by atoms with Crippen LogP contribution in [0.2, 0.25) is 5.02 Å². The number of aromatic nitrogens is 2. The van der Waals surface area contributed by atoms with Crippen LogP contribution in [-0.2, 0) is 24.3 Å². The Labute approximate surface area is 156 Å². The number of nitrogens with zero attached hydrogens (tertiary/aromatic N) is 2. The molecule has 0 saturated carbocycles. The summed E-state index contributed by atoms with van der Waals surface area (Å²) in [4.78, 5) is 16.9. The van der Waals surface area contributed by atoms with Crippen LogP contribution >= 0.6 is 11.6 Å². The molecular weight excluding hydrogens is 360 g/mol.